The van der Waals surface area contributed by atoms with Crippen molar-refractivity contribution in [3.8, 4) is 5.75 Å². The Morgan fingerprint density at radius 1 is 1.28 bits per heavy atom. The summed E-state index contributed by atoms with van der Waals surface area (Å²) < 4.78 is 5.18. The fraction of sp³-hybridized carbons (Fsp3) is 0.500. The highest BCUT2D eigenvalue weighted by atomic mass is 16.6. The number of ether oxygens (including phenoxy) is 1. The zero-order valence-corrected chi connectivity index (χ0v) is 13.7. The summed E-state index contributed by atoms with van der Waals surface area (Å²) in [5.41, 5.74) is -0.589. The molecule has 134 valence electrons. The summed E-state index contributed by atoms with van der Waals surface area (Å²) in [6, 6.07) is 5.28. The molecule has 2 amide bonds. The maximum Gasteiger partial charge on any atom is 0.413 e. The Kier molecular flexibility index (Phi) is 4.02. The zero-order chi connectivity index (χ0) is 18.2. The predicted molar refractivity (Wildman–Crippen MR) is 86.5 cm³/mol. The van der Waals surface area contributed by atoms with Gasteiger partial charge in [-0.1, -0.05) is 0 Å². The van der Waals surface area contributed by atoms with Gasteiger partial charge in [0.25, 0.3) is 5.69 Å². The van der Waals surface area contributed by atoms with Crippen molar-refractivity contribution in [3.05, 3.63) is 34.4 Å². The first-order chi connectivity index (χ1) is 11.7. The molecule has 9 heteroatoms. The average molecular weight is 349 g/mol. The van der Waals surface area contributed by atoms with Crippen LogP contribution in [0.25, 0.3) is 0 Å². The van der Waals surface area contributed by atoms with Crippen LogP contribution in [-0.2, 0) is 0 Å². The second kappa shape index (κ2) is 5.91. The third-order valence-corrected chi connectivity index (χ3v) is 5.36. The van der Waals surface area contributed by atoms with Crippen LogP contribution < -0.4 is 10.1 Å². The van der Waals surface area contributed by atoms with Crippen LogP contribution in [0.4, 0.5) is 15.3 Å². The summed E-state index contributed by atoms with van der Waals surface area (Å²) >= 11 is 0. The molecule has 1 aromatic rings. The van der Waals surface area contributed by atoms with Crippen LogP contribution in [0.5, 0.6) is 5.75 Å². The molecule has 25 heavy (non-hydrogen) atoms. The van der Waals surface area contributed by atoms with E-state index in [0.29, 0.717) is 25.9 Å². The number of nitrogens with zero attached hydrogens (tertiary/aromatic N) is 2. The van der Waals surface area contributed by atoms with Crippen LogP contribution in [-0.4, -0.2) is 45.7 Å². The third-order valence-electron chi connectivity index (χ3n) is 5.36. The topological polar surface area (TPSA) is 122 Å². The van der Waals surface area contributed by atoms with E-state index in [4.69, 9.17) is 9.84 Å². The molecule has 1 saturated carbocycles. The van der Waals surface area contributed by atoms with Gasteiger partial charge in [-0.05, 0) is 43.7 Å². The number of non-ortho nitro benzene ring substituents is 1. The number of amides is 2. The number of carbonyl (C=O) groups is 2. The highest BCUT2D eigenvalue weighted by molar-refractivity contribution is 5.72. The highest BCUT2D eigenvalue weighted by Gasteiger charge is 2.65. The van der Waals surface area contributed by atoms with Gasteiger partial charge in [-0.25, -0.2) is 9.59 Å². The number of carbonyl (C=O) groups excluding carboxylic acids is 1. The summed E-state index contributed by atoms with van der Waals surface area (Å²) in [4.78, 5) is 34.6. The summed E-state index contributed by atoms with van der Waals surface area (Å²) in [5.74, 6) is 0.224. The van der Waals surface area contributed by atoms with Crippen LogP contribution in [0.1, 0.15) is 26.2 Å². The molecule has 0 bridgehead atoms. The third kappa shape index (κ3) is 3.21. The molecule has 0 aromatic heterocycles. The van der Waals surface area contributed by atoms with E-state index in [1.165, 1.54) is 29.2 Å². The van der Waals surface area contributed by atoms with Crippen molar-refractivity contribution in [2.75, 3.05) is 13.1 Å². The molecule has 1 aliphatic carbocycles. The molecule has 3 rings (SSSR count). The van der Waals surface area contributed by atoms with Crippen LogP contribution in [0.3, 0.4) is 0 Å². The maximum absolute atomic E-state index is 12.1. The largest absolute Gasteiger partial charge is 0.465 e. The van der Waals surface area contributed by atoms with E-state index in [-0.39, 0.29) is 16.9 Å². The average Bonchev–Trinajstić information content (AvgIpc) is 3.10. The second-order valence-electron chi connectivity index (χ2n) is 6.82. The van der Waals surface area contributed by atoms with E-state index < -0.39 is 22.6 Å². The van der Waals surface area contributed by atoms with Gasteiger partial charge < -0.3 is 20.1 Å². The van der Waals surface area contributed by atoms with Crippen molar-refractivity contribution in [1.29, 1.82) is 0 Å². The van der Waals surface area contributed by atoms with Gasteiger partial charge in [0.05, 0.1) is 4.92 Å². The molecule has 0 radical (unpaired) electrons. The van der Waals surface area contributed by atoms with Crippen LogP contribution >= 0.6 is 0 Å². The van der Waals surface area contributed by atoms with E-state index in [0.717, 1.165) is 6.42 Å². The van der Waals surface area contributed by atoms with E-state index in [2.05, 4.69) is 5.32 Å². The minimum absolute atomic E-state index is 0.0777. The van der Waals surface area contributed by atoms with E-state index in [9.17, 15) is 19.7 Å². The molecule has 1 aromatic carbocycles. The quantitative estimate of drug-likeness (QED) is 0.639. The number of nitrogens with one attached hydrogen (secondary N) is 1. The zero-order valence-electron chi connectivity index (χ0n) is 13.7. The SMILES string of the molecule is CC1(NC(=O)Oc2ccc([N+](=O)[O-])cc2)CC12CCN(C(=O)O)CC2. The Morgan fingerprint density at radius 2 is 1.88 bits per heavy atom. The lowest BCUT2D eigenvalue weighted by Crippen LogP contribution is -2.46. The summed E-state index contributed by atoms with van der Waals surface area (Å²) in [6.45, 7) is 2.86. The first-order valence-electron chi connectivity index (χ1n) is 7.97. The predicted octanol–water partition coefficient (Wildman–Crippen LogP) is 2.61. The number of hydrogen-bond donors (Lipinski definition) is 2. The monoisotopic (exact) mass is 349 g/mol. The molecular formula is C16H19N3O6. The molecule has 1 atom stereocenters. The van der Waals surface area contributed by atoms with Crippen LogP contribution in [0, 0.1) is 15.5 Å². The van der Waals surface area contributed by atoms with Gasteiger partial charge in [0.1, 0.15) is 5.75 Å². The van der Waals surface area contributed by atoms with E-state index in [1.807, 2.05) is 6.92 Å². The van der Waals surface area contributed by atoms with Gasteiger partial charge in [-0.2, -0.15) is 0 Å². The molecule has 1 aliphatic heterocycles. The number of rotatable bonds is 3. The van der Waals surface area contributed by atoms with Gasteiger partial charge >= 0.3 is 12.2 Å². The number of piperidine rings is 1. The molecule has 2 N–H and O–H groups in total. The Labute approximate surface area is 143 Å². The molecule has 1 saturated heterocycles. The van der Waals surface area contributed by atoms with Crippen molar-refractivity contribution in [1.82, 2.24) is 10.2 Å². The Bertz CT molecular complexity index is 711. The molecule has 2 fully saturated rings. The lowest BCUT2D eigenvalue weighted by atomic mass is 9.89. The first-order valence-corrected chi connectivity index (χ1v) is 7.97. The van der Waals surface area contributed by atoms with Gasteiger partial charge in [0, 0.05) is 30.8 Å². The van der Waals surface area contributed by atoms with Gasteiger partial charge in [-0.15, -0.1) is 0 Å². The molecular weight excluding hydrogens is 330 g/mol. The standard InChI is InChI=1S/C16H19N3O6/c1-15(10-16(15)6-8-18(9-7-16)14(21)22)17-13(20)25-12-4-2-11(3-5-12)19(23)24/h2-5H,6-10H2,1H3,(H,17,20)(H,21,22). The van der Waals surface area contributed by atoms with E-state index >= 15 is 0 Å². The number of benzene rings is 1. The minimum atomic E-state index is -0.914. The first kappa shape index (κ1) is 17.0. The van der Waals surface area contributed by atoms with Crippen molar-refractivity contribution >= 4 is 17.9 Å². The highest BCUT2D eigenvalue weighted by Crippen LogP contribution is 2.62. The van der Waals surface area contributed by atoms with Crippen molar-refractivity contribution in [3.63, 3.8) is 0 Å². The second-order valence-corrected chi connectivity index (χ2v) is 6.82. The number of nitro groups is 1. The Hall–Kier alpha value is -2.84. The Balaban J connectivity index is 1.55. The Morgan fingerprint density at radius 3 is 2.40 bits per heavy atom. The molecule has 1 unspecified atom stereocenters. The van der Waals surface area contributed by atoms with Crippen molar-refractivity contribution in [2.45, 2.75) is 31.7 Å². The number of nitro benzene ring substituents is 1. The number of carboxylic acid groups (broad SMARTS) is 1. The normalized spacial score (nSPS) is 23.8. The number of likely N-dealkylation sites (tertiary alicyclic amines) is 1. The van der Waals surface area contributed by atoms with Crippen molar-refractivity contribution in [2.24, 2.45) is 5.41 Å². The number of hydrogen-bond acceptors (Lipinski definition) is 5. The van der Waals surface area contributed by atoms with Gasteiger partial charge in [0.15, 0.2) is 0 Å². The smallest absolute Gasteiger partial charge is 0.413 e. The lowest BCUT2D eigenvalue weighted by molar-refractivity contribution is -0.384. The molecule has 9 nitrogen and oxygen atoms in total. The fourth-order valence-corrected chi connectivity index (χ4v) is 3.66. The minimum Gasteiger partial charge on any atom is -0.465 e. The summed E-state index contributed by atoms with van der Waals surface area (Å²) in [7, 11) is 0. The molecule has 1 spiro atoms. The fourth-order valence-electron chi connectivity index (χ4n) is 3.66. The van der Waals surface area contributed by atoms with Gasteiger partial charge in [-0.3, -0.25) is 10.1 Å². The van der Waals surface area contributed by atoms with E-state index in [1.54, 1.807) is 0 Å². The molecule has 1 heterocycles. The van der Waals surface area contributed by atoms with Crippen LogP contribution in [0.2, 0.25) is 0 Å². The summed E-state index contributed by atoms with van der Waals surface area (Å²) in [6.07, 6.45) is 0.654. The lowest BCUT2D eigenvalue weighted by Gasteiger charge is -2.33. The van der Waals surface area contributed by atoms with Crippen molar-refractivity contribution < 1.29 is 24.4 Å². The maximum atomic E-state index is 12.1. The molecule has 2 aliphatic rings. The van der Waals surface area contributed by atoms with Crippen LogP contribution in [0.15, 0.2) is 24.3 Å². The summed E-state index contributed by atoms with van der Waals surface area (Å²) in [5, 5.41) is 22.5. The van der Waals surface area contributed by atoms with Gasteiger partial charge in [0.2, 0.25) is 0 Å².